The lowest BCUT2D eigenvalue weighted by atomic mass is 10.1. The van der Waals surface area contributed by atoms with Crippen LogP contribution in [0, 0.1) is 12.8 Å². The Morgan fingerprint density at radius 2 is 2.11 bits per heavy atom. The van der Waals surface area contributed by atoms with Gasteiger partial charge in [-0.3, -0.25) is 0 Å². The number of benzene rings is 1. The highest BCUT2D eigenvalue weighted by atomic mass is 16.5. The van der Waals surface area contributed by atoms with E-state index in [2.05, 4.69) is 10.4 Å². The summed E-state index contributed by atoms with van der Waals surface area (Å²) in [7, 11) is 0. The highest BCUT2D eigenvalue weighted by Crippen LogP contribution is 2.26. The van der Waals surface area contributed by atoms with Crippen LogP contribution in [-0.2, 0) is 0 Å². The average Bonchev–Trinajstić information content (AvgIpc) is 2.66. The minimum absolute atomic E-state index is 0.586. The molecule has 1 aliphatic heterocycles. The lowest BCUT2D eigenvalue weighted by Crippen LogP contribution is -2.45. The molecule has 1 aromatic carbocycles. The van der Waals surface area contributed by atoms with E-state index >= 15 is 0 Å². The van der Waals surface area contributed by atoms with Gasteiger partial charge in [0.2, 0.25) is 5.88 Å². The van der Waals surface area contributed by atoms with Gasteiger partial charge in [0.25, 0.3) is 0 Å². The van der Waals surface area contributed by atoms with E-state index in [1.807, 2.05) is 37.3 Å². The number of hydrogen-bond acceptors (Lipinski definition) is 4. The zero-order valence-electron chi connectivity index (χ0n) is 11.0. The predicted molar refractivity (Wildman–Crippen MR) is 74.6 cm³/mol. The summed E-state index contributed by atoms with van der Waals surface area (Å²) in [5, 5.41) is 7.68. The monoisotopic (exact) mass is 258 g/mol. The summed E-state index contributed by atoms with van der Waals surface area (Å²) in [6, 6.07) is 9.85. The quantitative estimate of drug-likeness (QED) is 0.869. The molecule has 3 N–H and O–H groups in total. The number of para-hydroxylation sites is 1. The number of nitrogens with zero attached hydrogens (tertiary/aromatic N) is 2. The largest absolute Gasteiger partial charge is 0.476 e. The summed E-state index contributed by atoms with van der Waals surface area (Å²) in [6.45, 7) is 4.68. The van der Waals surface area contributed by atoms with Gasteiger partial charge in [0, 0.05) is 19.0 Å². The minimum atomic E-state index is 0.586. The Balaban J connectivity index is 1.82. The van der Waals surface area contributed by atoms with Crippen LogP contribution in [0.4, 0.5) is 5.82 Å². The van der Waals surface area contributed by atoms with E-state index in [-0.39, 0.29) is 0 Å². The van der Waals surface area contributed by atoms with Crippen LogP contribution in [0.5, 0.6) is 5.88 Å². The molecule has 0 aliphatic carbocycles. The van der Waals surface area contributed by atoms with Crippen molar-refractivity contribution >= 4 is 5.82 Å². The molecule has 5 nitrogen and oxygen atoms in total. The molecule has 0 atom stereocenters. The van der Waals surface area contributed by atoms with Crippen molar-refractivity contribution in [2.45, 2.75) is 6.92 Å². The number of nitrogens with one attached hydrogen (secondary N) is 1. The summed E-state index contributed by atoms with van der Waals surface area (Å²) in [5.41, 5.74) is 7.94. The first kappa shape index (κ1) is 12.0. The molecule has 1 aromatic heterocycles. The molecule has 1 saturated heterocycles. The number of nitrogen functional groups attached to an aromatic ring is 1. The molecule has 100 valence electrons. The van der Waals surface area contributed by atoms with E-state index in [1.165, 1.54) is 0 Å². The van der Waals surface area contributed by atoms with E-state index in [1.54, 1.807) is 4.68 Å². The number of anilines is 1. The lowest BCUT2D eigenvalue weighted by molar-refractivity contribution is 0.192. The highest BCUT2D eigenvalue weighted by Gasteiger charge is 2.20. The Morgan fingerprint density at radius 3 is 2.74 bits per heavy atom. The van der Waals surface area contributed by atoms with E-state index in [4.69, 9.17) is 10.5 Å². The smallest absolute Gasteiger partial charge is 0.238 e. The Morgan fingerprint density at radius 1 is 1.37 bits per heavy atom. The first-order chi connectivity index (χ1) is 9.25. The van der Waals surface area contributed by atoms with Crippen LogP contribution in [0.25, 0.3) is 5.69 Å². The van der Waals surface area contributed by atoms with Gasteiger partial charge in [0.05, 0.1) is 17.9 Å². The van der Waals surface area contributed by atoms with Crippen molar-refractivity contribution in [3.63, 3.8) is 0 Å². The molecule has 0 unspecified atom stereocenters. The van der Waals surface area contributed by atoms with Gasteiger partial charge < -0.3 is 15.8 Å². The maximum absolute atomic E-state index is 6.10. The van der Waals surface area contributed by atoms with Crippen molar-refractivity contribution in [2.75, 3.05) is 25.4 Å². The Kier molecular flexibility index (Phi) is 3.13. The number of aromatic nitrogens is 2. The van der Waals surface area contributed by atoms with Crippen LogP contribution in [0.1, 0.15) is 5.56 Å². The fraction of sp³-hybridized carbons (Fsp3) is 0.357. The summed E-state index contributed by atoms with van der Waals surface area (Å²) in [6.07, 6.45) is 0. The third kappa shape index (κ3) is 2.29. The van der Waals surface area contributed by atoms with Gasteiger partial charge in [-0.15, -0.1) is 5.10 Å². The Labute approximate surface area is 112 Å². The van der Waals surface area contributed by atoms with E-state index in [0.717, 1.165) is 24.3 Å². The van der Waals surface area contributed by atoms with Crippen LogP contribution in [0.3, 0.4) is 0 Å². The van der Waals surface area contributed by atoms with Gasteiger partial charge in [-0.25, -0.2) is 4.68 Å². The zero-order valence-corrected chi connectivity index (χ0v) is 11.0. The number of rotatable bonds is 4. The maximum atomic E-state index is 6.10. The molecular weight excluding hydrogens is 240 g/mol. The Hall–Kier alpha value is -2.01. The lowest BCUT2D eigenvalue weighted by Gasteiger charge is -2.26. The van der Waals surface area contributed by atoms with Crippen LogP contribution in [0.2, 0.25) is 0 Å². The van der Waals surface area contributed by atoms with Crippen LogP contribution in [-0.4, -0.2) is 29.5 Å². The van der Waals surface area contributed by atoms with Crippen LogP contribution in [0.15, 0.2) is 30.3 Å². The normalized spacial score (nSPS) is 15.2. The minimum Gasteiger partial charge on any atom is -0.476 e. The van der Waals surface area contributed by atoms with Gasteiger partial charge in [0.15, 0.2) is 0 Å². The van der Waals surface area contributed by atoms with Gasteiger partial charge in [0.1, 0.15) is 5.82 Å². The summed E-state index contributed by atoms with van der Waals surface area (Å²) in [4.78, 5) is 0. The SMILES string of the molecule is Cc1c(OCC2CNC2)nn(-c2ccccc2)c1N. The van der Waals surface area contributed by atoms with Crippen molar-refractivity contribution in [3.8, 4) is 11.6 Å². The van der Waals surface area contributed by atoms with Crippen molar-refractivity contribution in [1.29, 1.82) is 0 Å². The van der Waals surface area contributed by atoms with E-state index < -0.39 is 0 Å². The topological polar surface area (TPSA) is 65.1 Å². The average molecular weight is 258 g/mol. The molecule has 0 spiro atoms. The second-order valence-electron chi connectivity index (χ2n) is 4.90. The summed E-state index contributed by atoms with van der Waals surface area (Å²) >= 11 is 0. The highest BCUT2D eigenvalue weighted by molar-refractivity contribution is 5.51. The third-order valence-corrected chi connectivity index (χ3v) is 3.45. The molecular formula is C14H18N4O. The number of ether oxygens (including phenoxy) is 1. The molecule has 1 aliphatic rings. The van der Waals surface area contributed by atoms with Gasteiger partial charge in [-0.1, -0.05) is 18.2 Å². The molecule has 1 fully saturated rings. The molecule has 19 heavy (non-hydrogen) atoms. The summed E-state index contributed by atoms with van der Waals surface area (Å²) < 4.78 is 7.50. The third-order valence-electron chi connectivity index (χ3n) is 3.45. The van der Waals surface area contributed by atoms with Gasteiger partial charge >= 0.3 is 0 Å². The van der Waals surface area contributed by atoms with Gasteiger partial charge in [-0.2, -0.15) is 0 Å². The molecule has 2 aromatic rings. The van der Waals surface area contributed by atoms with Crippen molar-refractivity contribution < 1.29 is 4.74 Å². The second kappa shape index (κ2) is 4.93. The molecule has 0 radical (unpaired) electrons. The Bertz CT molecular complexity index is 560. The predicted octanol–water partition coefficient (Wildman–Crippen LogP) is 1.36. The fourth-order valence-electron chi connectivity index (χ4n) is 2.05. The molecule has 0 saturated carbocycles. The standard InChI is InChI=1S/C14H18N4O/c1-10-13(15)18(12-5-3-2-4-6-12)17-14(10)19-9-11-7-16-8-11/h2-6,11,16H,7-9,15H2,1H3. The zero-order chi connectivity index (χ0) is 13.2. The van der Waals surface area contributed by atoms with Crippen molar-refractivity contribution in [2.24, 2.45) is 5.92 Å². The molecule has 5 heteroatoms. The van der Waals surface area contributed by atoms with Crippen molar-refractivity contribution in [3.05, 3.63) is 35.9 Å². The molecule has 2 heterocycles. The summed E-state index contributed by atoms with van der Waals surface area (Å²) in [5.74, 6) is 1.85. The van der Waals surface area contributed by atoms with E-state index in [9.17, 15) is 0 Å². The van der Waals surface area contributed by atoms with E-state index in [0.29, 0.717) is 24.2 Å². The number of hydrogen-bond donors (Lipinski definition) is 2. The van der Waals surface area contributed by atoms with Crippen LogP contribution >= 0.6 is 0 Å². The first-order valence-electron chi connectivity index (χ1n) is 6.49. The van der Waals surface area contributed by atoms with Crippen LogP contribution < -0.4 is 15.8 Å². The molecule has 0 amide bonds. The maximum Gasteiger partial charge on any atom is 0.238 e. The fourth-order valence-corrected chi connectivity index (χ4v) is 2.05. The molecule has 0 bridgehead atoms. The number of nitrogens with two attached hydrogens (primary N) is 1. The van der Waals surface area contributed by atoms with Crippen molar-refractivity contribution in [1.82, 2.24) is 15.1 Å². The first-order valence-corrected chi connectivity index (χ1v) is 6.49. The second-order valence-corrected chi connectivity index (χ2v) is 4.90. The molecule has 3 rings (SSSR count). The van der Waals surface area contributed by atoms with Gasteiger partial charge in [-0.05, 0) is 19.1 Å².